The summed E-state index contributed by atoms with van der Waals surface area (Å²) in [7, 11) is 1.60. The Kier molecular flexibility index (Phi) is 6.01. The highest BCUT2D eigenvalue weighted by molar-refractivity contribution is 6.32. The summed E-state index contributed by atoms with van der Waals surface area (Å²) < 4.78 is 20.4. The zero-order chi connectivity index (χ0) is 22.2. The van der Waals surface area contributed by atoms with E-state index in [1.54, 1.807) is 13.2 Å². The van der Waals surface area contributed by atoms with Crippen molar-refractivity contribution >= 4 is 29.3 Å². The Morgan fingerprint density at radius 2 is 1.97 bits per heavy atom. The molecule has 1 atom stereocenters. The van der Waals surface area contributed by atoms with Gasteiger partial charge in [0, 0.05) is 41.2 Å². The molecule has 30 heavy (non-hydrogen) atoms. The van der Waals surface area contributed by atoms with Crippen LogP contribution in [-0.2, 0) is 21.6 Å². The smallest absolute Gasteiger partial charge is 0.325 e. The van der Waals surface area contributed by atoms with Crippen LogP contribution in [0.4, 0.5) is 9.18 Å². The maximum atomic E-state index is 13.4. The lowest BCUT2D eigenvalue weighted by atomic mass is 9.92. The first kappa shape index (κ1) is 22.0. The van der Waals surface area contributed by atoms with Gasteiger partial charge < -0.3 is 14.6 Å². The number of benzene rings is 1. The monoisotopic (exact) mass is 435 g/mol. The second-order valence-corrected chi connectivity index (χ2v) is 7.83. The summed E-state index contributed by atoms with van der Waals surface area (Å²) in [6.45, 7) is 5.84. The SMILES string of the molecule is COCCn1c(C)cc(C(=O)CN2C(=O)NC(C)(c3ccc(F)cc3Cl)C2=O)c1C. The lowest BCUT2D eigenvalue weighted by Gasteiger charge is -2.23. The number of methoxy groups -OCH3 is 1. The number of carbonyl (C=O) groups is 3. The topological polar surface area (TPSA) is 80.6 Å². The minimum absolute atomic E-state index is 0.0148. The number of ether oxygens (including phenoxy) is 1. The molecule has 9 heteroatoms. The molecule has 0 radical (unpaired) electrons. The summed E-state index contributed by atoms with van der Waals surface area (Å²) in [5.41, 5.74) is 0.838. The summed E-state index contributed by atoms with van der Waals surface area (Å²) in [5.74, 6) is -1.53. The minimum atomic E-state index is -1.49. The fourth-order valence-electron chi connectivity index (χ4n) is 3.76. The highest BCUT2D eigenvalue weighted by atomic mass is 35.5. The molecule has 160 valence electrons. The van der Waals surface area contributed by atoms with Gasteiger partial charge in [-0.15, -0.1) is 0 Å². The summed E-state index contributed by atoms with van der Waals surface area (Å²) in [6.07, 6.45) is 0. The Morgan fingerprint density at radius 3 is 2.60 bits per heavy atom. The average molecular weight is 436 g/mol. The van der Waals surface area contributed by atoms with E-state index in [-0.39, 0.29) is 16.4 Å². The predicted octanol–water partition coefficient (Wildman–Crippen LogP) is 3.19. The van der Waals surface area contributed by atoms with Crippen LogP contribution in [0.2, 0.25) is 5.02 Å². The van der Waals surface area contributed by atoms with Crippen LogP contribution in [0.25, 0.3) is 0 Å². The third-order valence-electron chi connectivity index (χ3n) is 5.44. The van der Waals surface area contributed by atoms with Crippen LogP contribution in [0.15, 0.2) is 24.3 Å². The predicted molar refractivity (Wildman–Crippen MR) is 109 cm³/mol. The first-order valence-corrected chi connectivity index (χ1v) is 9.76. The Morgan fingerprint density at radius 1 is 1.27 bits per heavy atom. The van der Waals surface area contributed by atoms with Crippen LogP contribution in [0.3, 0.4) is 0 Å². The fourth-order valence-corrected chi connectivity index (χ4v) is 4.11. The molecular formula is C21H23ClFN3O4. The van der Waals surface area contributed by atoms with Gasteiger partial charge in [0.05, 0.1) is 13.2 Å². The van der Waals surface area contributed by atoms with Crippen molar-refractivity contribution in [1.29, 1.82) is 0 Å². The summed E-state index contributed by atoms with van der Waals surface area (Å²) in [4.78, 5) is 39.4. The molecule has 1 saturated heterocycles. The normalized spacial score (nSPS) is 18.8. The highest BCUT2D eigenvalue weighted by Crippen LogP contribution is 2.34. The van der Waals surface area contributed by atoms with Gasteiger partial charge in [-0.2, -0.15) is 0 Å². The van der Waals surface area contributed by atoms with Gasteiger partial charge in [-0.05, 0) is 39.0 Å². The van der Waals surface area contributed by atoms with Crippen LogP contribution in [-0.4, -0.2) is 47.4 Å². The molecule has 0 aliphatic carbocycles. The lowest BCUT2D eigenvalue weighted by Crippen LogP contribution is -2.41. The highest BCUT2D eigenvalue weighted by Gasteiger charge is 2.50. The van der Waals surface area contributed by atoms with Gasteiger partial charge in [-0.25, -0.2) is 9.18 Å². The number of rotatable bonds is 7. The van der Waals surface area contributed by atoms with Gasteiger partial charge in [0.1, 0.15) is 11.4 Å². The molecule has 1 aromatic carbocycles. The molecule has 0 saturated carbocycles. The molecule has 1 unspecified atom stereocenters. The molecule has 1 aliphatic heterocycles. The first-order valence-electron chi connectivity index (χ1n) is 9.38. The summed E-state index contributed by atoms with van der Waals surface area (Å²) in [5, 5.41) is 2.59. The van der Waals surface area contributed by atoms with Crippen molar-refractivity contribution in [3.63, 3.8) is 0 Å². The number of amides is 3. The van der Waals surface area contributed by atoms with E-state index in [1.165, 1.54) is 13.0 Å². The van der Waals surface area contributed by atoms with Crippen LogP contribution in [0.5, 0.6) is 0 Å². The van der Waals surface area contributed by atoms with Crippen molar-refractivity contribution in [2.75, 3.05) is 20.3 Å². The van der Waals surface area contributed by atoms with E-state index in [0.717, 1.165) is 28.4 Å². The van der Waals surface area contributed by atoms with E-state index in [1.807, 2.05) is 18.4 Å². The molecule has 1 fully saturated rings. The van der Waals surface area contributed by atoms with Gasteiger partial charge in [0.2, 0.25) is 0 Å². The molecule has 0 spiro atoms. The van der Waals surface area contributed by atoms with E-state index in [0.29, 0.717) is 18.7 Å². The van der Waals surface area contributed by atoms with Crippen molar-refractivity contribution in [3.8, 4) is 0 Å². The number of carbonyl (C=O) groups excluding carboxylic acids is 3. The van der Waals surface area contributed by atoms with Crippen LogP contribution >= 0.6 is 11.6 Å². The largest absolute Gasteiger partial charge is 0.383 e. The molecule has 7 nitrogen and oxygen atoms in total. The van der Waals surface area contributed by atoms with Gasteiger partial charge in [-0.3, -0.25) is 14.5 Å². The van der Waals surface area contributed by atoms with Crippen LogP contribution < -0.4 is 5.32 Å². The zero-order valence-corrected chi connectivity index (χ0v) is 18.0. The molecule has 1 aromatic heterocycles. The Hall–Kier alpha value is -2.71. The number of Topliss-reactive ketones (excluding diaryl/α,β-unsaturated/α-hetero) is 1. The molecule has 0 bridgehead atoms. The fraction of sp³-hybridized carbons (Fsp3) is 0.381. The molecule has 1 aliphatic rings. The van der Waals surface area contributed by atoms with E-state index >= 15 is 0 Å². The number of hydrogen-bond donors (Lipinski definition) is 1. The van der Waals surface area contributed by atoms with E-state index in [9.17, 15) is 18.8 Å². The number of halogens is 2. The van der Waals surface area contributed by atoms with Gasteiger partial charge in [-0.1, -0.05) is 17.7 Å². The molecule has 1 N–H and O–H groups in total. The van der Waals surface area contributed by atoms with E-state index in [2.05, 4.69) is 5.32 Å². The van der Waals surface area contributed by atoms with Crippen molar-refractivity contribution in [1.82, 2.24) is 14.8 Å². The second kappa shape index (κ2) is 8.20. The Labute approximate surface area is 178 Å². The van der Waals surface area contributed by atoms with E-state index in [4.69, 9.17) is 16.3 Å². The number of aryl methyl sites for hydroxylation is 1. The van der Waals surface area contributed by atoms with Crippen molar-refractivity contribution in [3.05, 3.63) is 57.6 Å². The van der Waals surface area contributed by atoms with Crippen LogP contribution in [0, 0.1) is 19.7 Å². The Balaban J connectivity index is 1.85. The number of nitrogens with zero attached hydrogens (tertiary/aromatic N) is 2. The van der Waals surface area contributed by atoms with Gasteiger partial charge in [0.15, 0.2) is 5.78 Å². The third-order valence-corrected chi connectivity index (χ3v) is 5.75. The number of ketones is 1. The van der Waals surface area contributed by atoms with E-state index < -0.39 is 29.8 Å². The average Bonchev–Trinajstić information content (AvgIpc) is 3.07. The summed E-state index contributed by atoms with van der Waals surface area (Å²) >= 11 is 6.10. The number of imide groups is 1. The molecule has 2 heterocycles. The van der Waals surface area contributed by atoms with Crippen molar-refractivity contribution in [2.45, 2.75) is 32.9 Å². The maximum absolute atomic E-state index is 13.4. The number of aromatic nitrogens is 1. The first-order chi connectivity index (χ1) is 14.1. The van der Waals surface area contributed by atoms with Crippen molar-refractivity contribution in [2.24, 2.45) is 0 Å². The van der Waals surface area contributed by atoms with Gasteiger partial charge in [0.25, 0.3) is 5.91 Å². The Bertz CT molecular complexity index is 1040. The summed E-state index contributed by atoms with van der Waals surface area (Å²) in [6, 6.07) is 4.62. The molecule has 2 aromatic rings. The number of urea groups is 1. The lowest BCUT2D eigenvalue weighted by molar-refractivity contribution is -0.130. The maximum Gasteiger partial charge on any atom is 0.325 e. The molecule has 3 rings (SSSR count). The number of hydrogen-bond acceptors (Lipinski definition) is 4. The minimum Gasteiger partial charge on any atom is -0.383 e. The number of nitrogens with one attached hydrogen (secondary N) is 1. The molecule has 3 amide bonds. The third kappa shape index (κ3) is 3.73. The van der Waals surface area contributed by atoms with Gasteiger partial charge >= 0.3 is 6.03 Å². The quantitative estimate of drug-likeness (QED) is 0.535. The second-order valence-electron chi connectivity index (χ2n) is 7.42. The van der Waals surface area contributed by atoms with Crippen LogP contribution in [0.1, 0.15) is 34.2 Å². The standard InChI is InChI=1S/C21H23ClFN3O4/c1-12-9-15(13(2)25(12)7-8-30-4)18(27)11-26-19(28)21(3,24-20(26)29)16-6-5-14(23)10-17(16)22/h5-6,9-10H,7-8,11H2,1-4H3,(H,24,29). The zero-order valence-electron chi connectivity index (χ0n) is 17.2. The molecular weight excluding hydrogens is 413 g/mol. The van der Waals surface area contributed by atoms with Crippen molar-refractivity contribution < 1.29 is 23.5 Å².